The molecule has 1 atom stereocenters. The van der Waals surface area contributed by atoms with Crippen LogP contribution in [-0.2, 0) is 23.2 Å². The molecule has 1 heteroatoms. The van der Waals surface area contributed by atoms with Gasteiger partial charge in [-0.05, 0) is 0 Å². The second kappa shape index (κ2) is 5.78. The quantitative estimate of drug-likeness (QED) is 0.701. The second-order valence-corrected chi connectivity index (χ2v) is 11.3. The normalized spacial score (nSPS) is 18.3. The van der Waals surface area contributed by atoms with Gasteiger partial charge in [0.1, 0.15) is 0 Å². The van der Waals surface area contributed by atoms with Gasteiger partial charge in [-0.2, -0.15) is 0 Å². The van der Waals surface area contributed by atoms with Crippen molar-refractivity contribution in [1.82, 2.24) is 0 Å². The number of rotatable bonds is 3. The van der Waals surface area contributed by atoms with Gasteiger partial charge in [0, 0.05) is 0 Å². The minimum atomic E-state index is -0.529. The van der Waals surface area contributed by atoms with Crippen LogP contribution in [0.25, 0.3) is 11.1 Å². The maximum absolute atomic E-state index is 2.41. The summed E-state index contributed by atoms with van der Waals surface area (Å²) in [7, 11) is 0. The van der Waals surface area contributed by atoms with Crippen LogP contribution in [0.15, 0.2) is 66.3 Å². The molecule has 0 aliphatic heterocycles. The summed E-state index contributed by atoms with van der Waals surface area (Å²) < 4.78 is 2.56. The van der Waals surface area contributed by atoms with Gasteiger partial charge in [0.25, 0.3) is 0 Å². The summed E-state index contributed by atoms with van der Waals surface area (Å²) in [4.78, 5) is 0. The maximum atomic E-state index is 2.41. The summed E-state index contributed by atoms with van der Waals surface area (Å²) in [6.07, 6.45) is 7.97. The van der Waals surface area contributed by atoms with E-state index < -0.39 is 23.2 Å². The van der Waals surface area contributed by atoms with Crippen LogP contribution in [0.4, 0.5) is 0 Å². The fourth-order valence-corrected chi connectivity index (χ4v) is 6.83. The first-order valence-electron chi connectivity index (χ1n) is 8.10. The summed E-state index contributed by atoms with van der Waals surface area (Å²) >= 11 is -0.529. The van der Waals surface area contributed by atoms with Crippen molar-refractivity contribution in [3.05, 3.63) is 77.4 Å². The summed E-state index contributed by atoms with van der Waals surface area (Å²) in [6.45, 7) is 4.78. The van der Waals surface area contributed by atoms with E-state index in [1.165, 1.54) is 16.7 Å². The second-order valence-electron chi connectivity index (χ2n) is 6.46. The van der Waals surface area contributed by atoms with Crippen molar-refractivity contribution in [3.63, 3.8) is 0 Å². The van der Waals surface area contributed by atoms with Gasteiger partial charge in [-0.3, -0.25) is 0 Å². The molecule has 108 valence electrons. The fourth-order valence-electron chi connectivity index (χ4n) is 3.76. The molecule has 2 aromatic rings. The van der Waals surface area contributed by atoms with Crippen molar-refractivity contribution in [3.8, 4) is 11.1 Å². The van der Waals surface area contributed by atoms with Crippen LogP contribution in [0.5, 0.6) is 0 Å². The third kappa shape index (κ3) is 2.31. The van der Waals surface area contributed by atoms with Crippen LogP contribution in [0.1, 0.15) is 37.3 Å². The number of hydrogen-bond donors (Lipinski definition) is 0. The molecule has 0 amide bonds. The van der Waals surface area contributed by atoms with Gasteiger partial charge in [-0.25, -0.2) is 0 Å². The van der Waals surface area contributed by atoms with Gasteiger partial charge < -0.3 is 0 Å². The molecule has 0 saturated heterocycles. The third-order valence-corrected chi connectivity index (χ3v) is 7.83. The van der Waals surface area contributed by atoms with Gasteiger partial charge in [-0.15, -0.1) is 0 Å². The minimum absolute atomic E-state index is 0.497. The molecule has 0 radical (unpaired) electrons. The monoisotopic (exact) mass is 362 g/mol. The van der Waals surface area contributed by atoms with Crippen LogP contribution in [0.3, 0.4) is 0 Å². The van der Waals surface area contributed by atoms with Crippen molar-refractivity contribution in [2.45, 2.75) is 29.8 Å². The zero-order chi connectivity index (χ0) is 15.1. The average molecular weight is 364 g/mol. The van der Waals surface area contributed by atoms with E-state index in [4.69, 9.17) is 0 Å². The van der Waals surface area contributed by atoms with Crippen LogP contribution >= 0.6 is 0 Å². The van der Waals surface area contributed by atoms with E-state index >= 15 is 0 Å². The standard InChI is InChI=1S/C18H13.C3H7.Zr/c1-2-8-13(7-1)18-16-11-5-3-9-14(16)15-10-4-6-12-17(15)18;1-3-2;/h1-7,9-11,18H,8H2;3H,1-2H3;. The number of hydrogen-bond acceptors (Lipinski definition) is 0. The van der Waals surface area contributed by atoms with Crippen LogP contribution in [0, 0.1) is 0 Å². The van der Waals surface area contributed by atoms with E-state index in [9.17, 15) is 0 Å². The summed E-state index contributed by atoms with van der Waals surface area (Å²) in [5, 5.41) is 0. The first-order chi connectivity index (χ1) is 10.8. The molecule has 0 heterocycles. The Bertz CT molecular complexity index is 780. The number of benzene rings is 2. The van der Waals surface area contributed by atoms with E-state index in [0.29, 0.717) is 5.92 Å². The molecule has 1 unspecified atom stereocenters. The van der Waals surface area contributed by atoms with Crippen molar-refractivity contribution in [1.29, 1.82) is 0 Å². The van der Waals surface area contributed by atoms with E-state index in [2.05, 4.69) is 74.5 Å². The molecule has 0 bridgehead atoms. The summed E-state index contributed by atoms with van der Waals surface area (Å²) in [6, 6.07) is 16.0. The molecule has 2 aromatic carbocycles. The van der Waals surface area contributed by atoms with Crippen molar-refractivity contribution < 1.29 is 23.2 Å². The molecule has 0 aromatic heterocycles. The Morgan fingerprint density at radius 2 is 1.82 bits per heavy atom. The molecule has 0 N–H and O–H groups in total. The van der Waals surface area contributed by atoms with Gasteiger partial charge >= 0.3 is 145 Å². The van der Waals surface area contributed by atoms with E-state index in [0.717, 1.165) is 10.0 Å². The summed E-state index contributed by atoms with van der Waals surface area (Å²) in [5.74, 6) is 0.497. The zero-order valence-electron chi connectivity index (χ0n) is 13.1. The Balaban J connectivity index is 1.93. The molecule has 0 saturated carbocycles. The number of fused-ring (bicyclic) bond motifs is 3. The predicted octanol–water partition coefficient (Wildman–Crippen LogP) is 5.22. The first kappa shape index (κ1) is 14.4. The van der Waals surface area contributed by atoms with Gasteiger partial charge in [0.15, 0.2) is 0 Å². The van der Waals surface area contributed by atoms with Crippen molar-refractivity contribution in [2.75, 3.05) is 0 Å². The summed E-state index contributed by atoms with van der Waals surface area (Å²) in [5.41, 5.74) is 7.68. The van der Waals surface area contributed by atoms with Gasteiger partial charge in [0.2, 0.25) is 0 Å². The Morgan fingerprint density at radius 3 is 2.59 bits per heavy atom. The Kier molecular flexibility index (Phi) is 3.78. The van der Waals surface area contributed by atoms with E-state index in [-0.39, 0.29) is 0 Å². The molecular weight excluding hydrogens is 343 g/mol. The fraction of sp³-hybridized carbons (Fsp3) is 0.238. The zero-order valence-corrected chi connectivity index (χ0v) is 15.6. The molecule has 2 aliphatic carbocycles. The molecule has 0 fully saturated rings. The average Bonchev–Trinajstić information content (AvgIpc) is 3.12. The first-order valence-corrected chi connectivity index (χ1v) is 10.7. The predicted molar refractivity (Wildman–Crippen MR) is 90.3 cm³/mol. The Labute approximate surface area is 144 Å². The molecule has 4 rings (SSSR count). The number of allylic oxidation sites excluding steroid dienone is 4. The Morgan fingerprint density at radius 1 is 1.00 bits per heavy atom. The van der Waals surface area contributed by atoms with Crippen molar-refractivity contribution >= 4 is 3.27 Å². The molecule has 0 spiro atoms. The van der Waals surface area contributed by atoms with E-state index in [1.807, 2.05) is 0 Å². The third-order valence-electron chi connectivity index (χ3n) is 4.57. The van der Waals surface area contributed by atoms with Gasteiger partial charge in [-0.1, -0.05) is 0 Å². The van der Waals surface area contributed by atoms with Crippen molar-refractivity contribution in [2.24, 2.45) is 0 Å². The molecular formula is C21H20Zr. The van der Waals surface area contributed by atoms with Gasteiger partial charge in [0.05, 0.1) is 0 Å². The topological polar surface area (TPSA) is 0 Å². The van der Waals surface area contributed by atoms with Crippen LogP contribution in [-0.4, -0.2) is 0 Å². The molecule has 0 nitrogen and oxygen atoms in total. The van der Waals surface area contributed by atoms with E-state index in [1.54, 1.807) is 14.4 Å². The SMILES string of the molecule is C[CH](C)[Zr][c]1cccc2c1C(C1=CC=CC1)c1ccccc1-2. The van der Waals surface area contributed by atoms with Crippen LogP contribution in [0.2, 0.25) is 3.63 Å². The molecule has 2 aliphatic rings. The Hall–Kier alpha value is -1.20. The molecule has 22 heavy (non-hydrogen) atoms. The van der Waals surface area contributed by atoms with Crippen LogP contribution < -0.4 is 3.27 Å².